The fraction of sp³-hybridized carbons (Fsp3) is 0.333. The van der Waals surface area contributed by atoms with Crippen LogP contribution in [0, 0.1) is 0 Å². The van der Waals surface area contributed by atoms with Crippen molar-refractivity contribution in [3.8, 4) is 11.3 Å². The molecule has 1 aromatic carbocycles. The molecule has 2 atom stereocenters. The van der Waals surface area contributed by atoms with E-state index >= 15 is 0 Å². The Hall–Kier alpha value is -4.28. The Labute approximate surface area is 232 Å². The van der Waals surface area contributed by atoms with Crippen molar-refractivity contribution in [2.75, 3.05) is 38.9 Å². The number of pyridine rings is 1. The van der Waals surface area contributed by atoms with Gasteiger partial charge in [-0.3, -0.25) is 0 Å². The molecule has 6 rings (SSSR count). The van der Waals surface area contributed by atoms with E-state index < -0.39 is 5.97 Å². The molecule has 5 heterocycles. The summed E-state index contributed by atoms with van der Waals surface area (Å²) in [6.07, 6.45) is 6.15. The number of rotatable bonds is 8. The summed E-state index contributed by atoms with van der Waals surface area (Å²) in [6.45, 7) is 3.88. The van der Waals surface area contributed by atoms with Crippen molar-refractivity contribution in [2.45, 2.75) is 32.0 Å². The molecule has 0 radical (unpaired) electrons. The van der Waals surface area contributed by atoms with E-state index in [4.69, 9.17) is 24.2 Å². The van der Waals surface area contributed by atoms with E-state index in [1.807, 2.05) is 37.4 Å². The van der Waals surface area contributed by atoms with Crippen LogP contribution in [-0.4, -0.2) is 70.2 Å². The number of methoxy groups -OCH3 is 1. The van der Waals surface area contributed by atoms with Gasteiger partial charge in [-0.2, -0.15) is 9.61 Å². The number of hydrogen-bond acceptors (Lipinski definition) is 8. The SMILES string of the molecule is CCOC(=O)c1cnn2c(N(C)Cc3ccccc3)cc(-c3cn([C@@H]4CCOCC4OC)c4ncccc34)nc12. The average Bonchev–Trinajstić information content (AvgIpc) is 3.59. The normalized spacial score (nSPS) is 17.4. The molecule has 1 unspecified atom stereocenters. The fourth-order valence-corrected chi connectivity index (χ4v) is 5.43. The Kier molecular flexibility index (Phi) is 7.19. The molecule has 1 aliphatic rings. The summed E-state index contributed by atoms with van der Waals surface area (Å²) in [5.41, 5.74) is 4.40. The number of ether oxygens (including phenoxy) is 3. The van der Waals surface area contributed by atoms with E-state index in [1.54, 1.807) is 24.7 Å². The highest BCUT2D eigenvalue weighted by Crippen LogP contribution is 2.36. The lowest BCUT2D eigenvalue weighted by Gasteiger charge is -2.31. The molecule has 4 aromatic heterocycles. The molecule has 0 spiro atoms. The molecule has 5 aromatic rings. The largest absolute Gasteiger partial charge is 0.462 e. The molecule has 1 fully saturated rings. The van der Waals surface area contributed by atoms with E-state index in [9.17, 15) is 4.79 Å². The first-order valence-corrected chi connectivity index (χ1v) is 13.5. The zero-order valence-corrected chi connectivity index (χ0v) is 22.9. The maximum absolute atomic E-state index is 12.9. The molecular weight excluding hydrogens is 508 g/mol. The molecule has 0 bridgehead atoms. The molecule has 206 valence electrons. The first-order chi connectivity index (χ1) is 19.6. The highest BCUT2D eigenvalue weighted by molar-refractivity contribution is 5.98. The number of carbonyl (C=O) groups excluding carboxylic acids is 1. The second kappa shape index (κ2) is 11.1. The van der Waals surface area contributed by atoms with Gasteiger partial charge in [-0.25, -0.2) is 14.8 Å². The van der Waals surface area contributed by atoms with Crippen molar-refractivity contribution in [2.24, 2.45) is 0 Å². The molecule has 1 aliphatic heterocycles. The minimum atomic E-state index is -0.451. The Morgan fingerprint density at radius 3 is 2.83 bits per heavy atom. The number of anilines is 1. The molecule has 0 amide bonds. The van der Waals surface area contributed by atoms with Crippen molar-refractivity contribution in [1.29, 1.82) is 0 Å². The maximum atomic E-state index is 12.9. The van der Waals surface area contributed by atoms with Gasteiger partial charge in [0.15, 0.2) is 5.65 Å². The van der Waals surface area contributed by atoms with E-state index in [1.165, 1.54) is 6.20 Å². The number of benzene rings is 1. The summed E-state index contributed by atoms with van der Waals surface area (Å²) < 4.78 is 20.7. The molecule has 10 heteroatoms. The van der Waals surface area contributed by atoms with Gasteiger partial charge < -0.3 is 23.7 Å². The maximum Gasteiger partial charge on any atom is 0.343 e. The van der Waals surface area contributed by atoms with Crippen LogP contribution >= 0.6 is 0 Å². The number of esters is 1. The number of nitrogens with zero attached hydrogens (tertiary/aromatic N) is 6. The molecule has 1 saturated heterocycles. The van der Waals surface area contributed by atoms with Gasteiger partial charge in [0.2, 0.25) is 0 Å². The van der Waals surface area contributed by atoms with Crippen LogP contribution in [-0.2, 0) is 20.8 Å². The molecular formula is C30H32N6O4. The van der Waals surface area contributed by atoms with Crippen molar-refractivity contribution < 1.29 is 19.0 Å². The Morgan fingerprint density at radius 2 is 2.02 bits per heavy atom. The molecule has 10 nitrogen and oxygen atoms in total. The van der Waals surface area contributed by atoms with Gasteiger partial charge in [-0.15, -0.1) is 0 Å². The van der Waals surface area contributed by atoms with Gasteiger partial charge in [-0.1, -0.05) is 30.3 Å². The minimum Gasteiger partial charge on any atom is -0.462 e. The van der Waals surface area contributed by atoms with Crippen LogP contribution in [0.15, 0.2) is 67.1 Å². The number of hydrogen-bond donors (Lipinski definition) is 0. The highest BCUT2D eigenvalue weighted by Gasteiger charge is 2.30. The summed E-state index contributed by atoms with van der Waals surface area (Å²) in [6, 6.07) is 16.3. The monoisotopic (exact) mass is 540 g/mol. The standard InChI is InChI=1S/C30H32N6O4/c1-4-40-30(37)22-16-32-36-27(34(2)17-20-9-6-5-7-10-20)15-24(33-29(22)36)23-18-35(28-21(23)11-8-13-31-28)25-12-14-39-19-26(25)38-3/h5-11,13,15-16,18,25-26H,4,12,14,17,19H2,1-3H3/t25-,26?/m1/s1. The third-order valence-electron chi connectivity index (χ3n) is 7.40. The van der Waals surface area contributed by atoms with E-state index in [-0.39, 0.29) is 18.8 Å². The quantitative estimate of drug-likeness (QED) is 0.265. The van der Waals surface area contributed by atoms with Crippen molar-refractivity contribution >= 4 is 28.5 Å². The third-order valence-corrected chi connectivity index (χ3v) is 7.40. The van der Waals surface area contributed by atoms with Crippen LogP contribution in [0.25, 0.3) is 27.9 Å². The number of aromatic nitrogens is 5. The van der Waals surface area contributed by atoms with Crippen LogP contribution in [0.2, 0.25) is 0 Å². The Morgan fingerprint density at radius 1 is 1.18 bits per heavy atom. The van der Waals surface area contributed by atoms with Crippen LogP contribution < -0.4 is 4.90 Å². The predicted molar refractivity (Wildman–Crippen MR) is 151 cm³/mol. The van der Waals surface area contributed by atoms with Gasteiger partial charge in [0.05, 0.1) is 31.1 Å². The molecule has 0 N–H and O–H groups in total. The summed E-state index contributed by atoms with van der Waals surface area (Å²) in [7, 11) is 3.72. The number of carbonyl (C=O) groups is 1. The first-order valence-electron chi connectivity index (χ1n) is 13.5. The topological polar surface area (TPSA) is 96.0 Å². The molecule has 40 heavy (non-hydrogen) atoms. The lowest BCUT2D eigenvalue weighted by Crippen LogP contribution is -2.35. The highest BCUT2D eigenvalue weighted by atomic mass is 16.5. The predicted octanol–water partition coefficient (Wildman–Crippen LogP) is 4.54. The minimum absolute atomic E-state index is 0.0684. The van der Waals surface area contributed by atoms with Gasteiger partial charge >= 0.3 is 5.97 Å². The van der Waals surface area contributed by atoms with Crippen molar-refractivity contribution in [1.82, 2.24) is 24.1 Å². The van der Waals surface area contributed by atoms with Gasteiger partial charge in [0.25, 0.3) is 0 Å². The Balaban J connectivity index is 1.53. The zero-order chi connectivity index (χ0) is 27.6. The second-order valence-corrected chi connectivity index (χ2v) is 9.89. The number of fused-ring (bicyclic) bond motifs is 2. The second-order valence-electron chi connectivity index (χ2n) is 9.89. The van der Waals surface area contributed by atoms with Crippen molar-refractivity contribution in [3.63, 3.8) is 0 Å². The third kappa shape index (κ3) is 4.69. The van der Waals surface area contributed by atoms with E-state index in [0.717, 1.165) is 34.4 Å². The summed E-state index contributed by atoms with van der Waals surface area (Å²) in [5, 5.41) is 5.51. The van der Waals surface area contributed by atoms with E-state index in [2.05, 4.69) is 39.0 Å². The molecule has 0 aliphatic carbocycles. The zero-order valence-electron chi connectivity index (χ0n) is 22.9. The van der Waals surface area contributed by atoms with Gasteiger partial charge in [-0.05, 0) is 31.0 Å². The first kappa shape index (κ1) is 26.0. The lowest BCUT2D eigenvalue weighted by atomic mass is 10.1. The van der Waals surface area contributed by atoms with Crippen LogP contribution in [0.1, 0.15) is 35.3 Å². The smallest absolute Gasteiger partial charge is 0.343 e. The molecule has 0 saturated carbocycles. The summed E-state index contributed by atoms with van der Waals surface area (Å²) >= 11 is 0. The van der Waals surface area contributed by atoms with E-state index in [0.29, 0.717) is 36.7 Å². The van der Waals surface area contributed by atoms with Crippen LogP contribution in [0.3, 0.4) is 0 Å². The summed E-state index contributed by atoms with van der Waals surface area (Å²) in [4.78, 5) is 24.7. The Bertz CT molecular complexity index is 1650. The lowest BCUT2D eigenvalue weighted by molar-refractivity contribution is -0.0592. The average molecular weight is 541 g/mol. The van der Waals surface area contributed by atoms with Gasteiger partial charge in [0, 0.05) is 56.7 Å². The van der Waals surface area contributed by atoms with Crippen molar-refractivity contribution in [3.05, 3.63) is 78.2 Å². The van der Waals surface area contributed by atoms with Crippen LogP contribution in [0.4, 0.5) is 5.82 Å². The van der Waals surface area contributed by atoms with Gasteiger partial charge in [0.1, 0.15) is 23.1 Å². The summed E-state index contributed by atoms with van der Waals surface area (Å²) in [5.74, 6) is 0.345. The fourth-order valence-electron chi connectivity index (χ4n) is 5.43. The van der Waals surface area contributed by atoms with Crippen LogP contribution in [0.5, 0.6) is 0 Å².